The van der Waals surface area contributed by atoms with E-state index in [4.69, 9.17) is 34.8 Å². The summed E-state index contributed by atoms with van der Waals surface area (Å²) in [6.07, 6.45) is 2.64. The first-order chi connectivity index (χ1) is 20.8. The average Bonchev–Trinajstić information content (AvgIpc) is 2.97. The van der Waals surface area contributed by atoms with Crippen molar-refractivity contribution in [1.82, 2.24) is 9.62 Å². The summed E-state index contributed by atoms with van der Waals surface area (Å²) < 4.78 is 28.8. The van der Waals surface area contributed by atoms with Gasteiger partial charge in [-0.1, -0.05) is 64.6 Å². The molecule has 9 nitrogen and oxygen atoms in total. The van der Waals surface area contributed by atoms with Gasteiger partial charge in [0.05, 0.1) is 20.5 Å². The van der Waals surface area contributed by atoms with Crippen LogP contribution in [-0.4, -0.2) is 53.7 Å². The molecule has 0 radical (unpaired) electrons. The first-order valence-corrected chi connectivity index (χ1v) is 16.6. The monoisotopic (exact) mass is 677 g/mol. The first-order valence-electron chi connectivity index (χ1n) is 14.0. The van der Waals surface area contributed by atoms with Gasteiger partial charge in [0.15, 0.2) is 0 Å². The highest BCUT2D eigenvalue weighted by Crippen LogP contribution is 2.43. The average molecular weight is 679 g/mol. The molecular formula is C31H30Cl3N3O6S. The lowest BCUT2D eigenvalue weighted by molar-refractivity contribution is -0.143. The van der Waals surface area contributed by atoms with E-state index in [2.05, 4.69) is 10.6 Å². The van der Waals surface area contributed by atoms with E-state index in [0.29, 0.717) is 36.9 Å². The number of rotatable bonds is 9. The van der Waals surface area contributed by atoms with Crippen molar-refractivity contribution in [2.75, 3.05) is 5.32 Å². The molecule has 2 amide bonds. The Kier molecular flexibility index (Phi) is 9.58. The maximum Gasteiger partial charge on any atom is 0.326 e. The number of nitrogens with zero attached hydrogens (tertiary/aromatic N) is 1. The molecule has 2 aliphatic heterocycles. The fourth-order valence-electron chi connectivity index (χ4n) is 5.98. The van der Waals surface area contributed by atoms with Gasteiger partial charge in [0.25, 0.3) is 5.91 Å². The number of carboxylic acid groups (broad SMARTS) is 1. The summed E-state index contributed by atoms with van der Waals surface area (Å²) in [7, 11) is -3.99. The Morgan fingerprint density at radius 2 is 1.52 bits per heavy atom. The van der Waals surface area contributed by atoms with Crippen LogP contribution in [0.4, 0.5) is 5.69 Å². The van der Waals surface area contributed by atoms with Crippen LogP contribution in [0.15, 0.2) is 65.6 Å². The molecular weight excluding hydrogens is 649 g/mol. The van der Waals surface area contributed by atoms with E-state index in [1.807, 2.05) is 6.92 Å². The molecule has 0 spiro atoms. The molecule has 2 heterocycles. The summed E-state index contributed by atoms with van der Waals surface area (Å²) in [6, 6.07) is 13.1. The second-order valence-corrected chi connectivity index (χ2v) is 14.3. The molecule has 3 aromatic carbocycles. The number of hydrogen-bond acceptors (Lipinski definition) is 5. The summed E-state index contributed by atoms with van der Waals surface area (Å²) in [5.74, 6) is -2.63. The molecule has 13 heteroatoms. The lowest BCUT2D eigenvalue weighted by Crippen LogP contribution is -2.63. The van der Waals surface area contributed by atoms with Gasteiger partial charge in [-0.3, -0.25) is 9.59 Å². The van der Waals surface area contributed by atoms with Crippen LogP contribution in [0.3, 0.4) is 0 Å². The van der Waals surface area contributed by atoms with E-state index in [0.717, 1.165) is 5.56 Å². The van der Waals surface area contributed by atoms with Crippen LogP contribution in [-0.2, 0) is 26.0 Å². The Labute approximate surface area is 270 Å². The molecule has 1 saturated carbocycles. The van der Waals surface area contributed by atoms with Gasteiger partial charge in [-0.15, -0.1) is 0 Å². The number of aliphatic carboxylic acids is 1. The molecule has 6 rings (SSSR count). The van der Waals surface area contributed by atoms with Gasteiger partial charge in [-0.05, 0) is 80.5 Å². The third-order valence-electron chi connectivity index (χ3n) is 8.19. The summed E-state index contributed by atoms with van der Waals surface area (Å²) in [5.41, 5.74) is 1.96. The van der Waals surface area contributed by atoms with E-state index < -0.39 is 39.9 Å². The molecule has 232 valence electrons. The summed E-state index contributed by atoms with van der Waals surface area (Å²) >= 11 is 18.2. The SMILES string of the molecule is Cc1ccc(S(=O)(=O)N2C3CCC(CC3)[C@H]2C(=O)N[C@@H](Cc2ccc(NC(=O)c3c(Cl)cc(Cl)cc3Cl)cc2)C(=O)O)cc1. The summed E-state index contributed by atoms with van der Waals surface area (Å²) in [4.78, 5) is 38.8. The summed E-state index contributed by atoms with van der Waals surface area (Å²) in [5, 5.41) is 15.8. The van der Waals surface area contributed by atoms with Crippen LogP contribution in [0.5, 0.6) is 0 Å². The highest BCUT2D eigenvalue weighted by molar-refractivity contribution is 7.89. The van der Waals surface area contributed by atoms with Gasteiger partial charge in [0.2, 0.25) is 15.9 Å². The van der Waals surface area contributed by atoms with Crippen LogP contribution < -0.4 is 10.6 Å². The van der Waals surface area contributed by atoms with Crippen molar-refractivity contribution in [1.29, 1.82) is 0 Å². The third-order valence-corrected chi connectivity index (χ3v) is 10.9. The van der Waals surface area contributed by atoms with Crippen LogP contribution in [0.1, 0.15) is 47.2 Å². The Hall–Kier alpha value is -3.15. The van der Waals surface area contributed by atoms with Gasteiger partial charge >= 0.3 is 5.97 Å². The van der Waals surface area contributed by atoms with Crippen molar-refractivity contribution in [3.05, 3.63) is 92.4 Å². The molecule has 0 aromatic heterocycles. The number of benzene rings is 3. The van der Waals surface area contributed by atoms with Gasteiger partial charge in [-0.2, -0.15) is 4.31 Å². The number of aryl methyl sites for hydroxylation is 1. The van der Waals surface area contributed by atoms with Crippen molar-refractivity contribution in [3.8, 4) is 0 Å². The van der Waals surface area contributed by atoms with Crippen LogP contribution in [0.2, 0.25) is 15.1 Å². The molecule has 2 atom stereocenters. The van der Waals surface area contributed by atoms with Crippen molar-refractivity contribution in [3.63, 3.8) is 0 Å². The van der Waals surface area contributed by atoms with Gasteiger partial charge < -0.3 is 15.7 Å². The van der Waals surface area contributed by atoms with Crippen molar-refractivity contribution in [2.45, 2.75) is 62.0 Å². The zero-order valence-electron chi connectivity index (χ0n) is 23.6. The molecule has 0 unspecified atom stereocenters. The minimum Gasteiger partial charge on any atom is -0.480 e. The first kappa shape index (κ1) is 32.2. The number of carbonyl (C=O) groups is 3. The molecule has 44 heavy (non-hydrogen) atoms. The Balaban J connectivity index is 1.30. The topological polar surface area (TPSA) is 133 Å². The van der Waals surface area contributed by atoms with Gasteiger partial charge in [0, 0.05) is 23.2 Å². The minimum atomic E-state index is -3.99. The van der Waals surface area contributed by atoms with Crippen molar-refractivity contribution in [2.24, 2.45) is 5.92 Å². The maximum atomic E-state index is 13.7. The van der Waals surface area contributed by atoms with E-state index >= 15 is 0 Å². The van der Waals surface area contributed by atoms with Crippen LogP contribution in [0, 0.1) is 12.8 Å². The molecule has 3 fully saturated rings. The molecule has 2 bridgehead atoms. The molecule has 3 aliphatic rings. The Morgan fingerprint density at radius 1 is 0.932 bits per heavy atom. The molecule has 3 N–H and O–H groups in total. The van der Waals surface area contributed by atoms with Gasteiger partial charge in [-0.25, -0.2) is 13.2 Å². The highest BCUT2D eigenvalue weighted by atomic mass is 35.5. The Bertz CT molecular complexity index is 1670. The molecule has 3 aromatic rings. The largest absolute Gasteiger partial charge is 0.480 e. The second-order valence-electron chi connectivity index (χ2n) is 11.2. The number of hydrogen-bond donors (Lipinski definition) is 3. The van der Waals surface area contributed by atoms with Gasteiger partial charge in [0.1, 0.15) is 12.1 Å². The quantitative estimate of drug-likeness (QED) is 0.256. The standard InChI is InChI=1S/C31H30Cl3N3O6S/c1-17-2-12-23(13-3-17)44(42,43)37-22-10-6-19(7-11-22)28(37)30(39)36-26(31(40)41)14-18-4-8-21(9-5-18)35-29(38)27-24(33)15-20(32)16-25(27)34/h2-5,8-9,12-13,15-16,19,22,26,28H,6-7,10-11,14H2,1H3,(H,35,38)(H,36,39)(H,40,41)/t19?,22?,26-,28-/m0/s1. The number of carbonyl (C=O) groups excluding carboxylic acids is 2. The van der Waals surface area contributed by atoms with Crippen molar-refractivity contribution >= 4 is 68.3 Å². The predicted molar refractivity (Wildman–Crippen MR) is 169 cm³/mol. The third kappa shape index (κ3) is 6.74. The second kappa shape index (κ2) is 13.1. The number of anilines is 1. The lowest BCUT2D eigenvalue weighted by atomic mass is 9.76. The summed E-state index contributed by atoms with van der Waals surface area (Å²) in [6.45, 7) is 1.86. The zero-order valence-corrected chi connectivity index (χ0v) is 26.7. The fourth-order valence-corrected chi connectivity index (χ4v) is 8.87. The number of fused-ring (bicyclic) bond motifs is 3. The van der Waals surface area contributed by atoms with Crippen LogP contribution in [0.25, 0.3) is 0 Å². The maximum absolute atomic E-state index is 13.7. The number of halogens is 3. The smallest absolute Gasteiger partial charge is 0.326 e. The van der Waals surface area contributed by atoms with E-state index in [-0.39, 0.29) is 43.9 Å². The lowest BCUT2D eigenvalue weighted by Gasteiger charge is -2.49. The Morgan fingerprint density at radius 3 is 2.09 bits per heavy atom. The van der Waals surface area contributed by atoms with Crippen LogP contribution >= 0.6 is 34.8 Å². The molecule has 2 saturated heterocycles. The highest BCUT2D eigenvalue weighted by Gasteiger charge is 2.51. The number of piperidine rings is 2. The minimum absolute atomic E-state index is 0.0599. The van der Waals surface area contributed by atoms with Crippen molar-refractivity contribution < 1.29 is 27.9 Å². The van der Waals surface area contributed by atoms with E-state index in [1.165, 1.54) is 28.6 Å². The van der Waals surface area contributed by atoms with E-state index in [9.17, 15) is 27.9 Å². The number of sulfonamides is 1. The predicted octanol–water partition coefficient (Wildman–Crippen LogP) is 5.95. The zero-order chi connectivity index (χ0) is 31.8. The number of carboxylic acids is 1. The number of nitrogens with one attached hydrogen (secondary N) is 2. The normalized spacial score (nSPS) is 20.6. The fraction of sp³-hybridized carbons (Fsp3) is 0.323. The van der Waals surface area contributed by atoms with E-state index in [1.54, 1.807) is 36.4 Å². The molecule has 1 aliphatic carbocycles. The number of amides is 2.